The van der Waals surface area contributed by atoms with Gasteiger partial charge in [-0.25, -0.2) is 9.59 Å². The number of ether oxygens (including phenoxy) is 1. The quantitative estimate of drug-likeness (QED) is 0.466. The van der Waals surface area contributed by atoms with E-state index in [-0.39, 0.29) is 18.7 Å². The Morgan fingerprint density at radius 3 is 2.15 bits per heavy atom. The predicted molar refractivity (Wildman–Crippen MR) is 93.6 cm³/mol. The van der Waals surface area contributed by atoms with Crippen LogP contribution in [-0.4, -0.2) is 52.4 Å². The molecule has 1 aromatic carbocycles. The summed E-state index contributed by atoms with van der Waals surface area (Å²) in [6.45, 7) is 4.74. The number of hydrogen-bond acceptors (Lipinski definition) is 6. The van der Waals surface area contributed by atoms with Crippen LogP contribution in [0.2, 0.25) is 0 Å². The number of alkyl carbamates (subject to hydrolysis) is 1. The molecule has 0 unspecified atom stereocenters. The van der Waals surface area contributed by atoms with Crippen LogP contribution >= 0.6 is 0 Å². The van der Waals surface area contributed by atoms with Gasteiger partial charge in [-0.1, -0.05) is 12.1 Å². The summed E-state index contributed by atoms with van der Waals surface area (Å²) in [5, 5.41) is 23.1. The lowest BCUT2D eigenvalue weighted by atomic mass is 10.0. The summed E-state index contributed by atoms with van der Waals surface area (Å²) in [4.78, 5) is 35.5. The van der Waals surface area contributed by atoms with Crippen LogP contribution in [0.3, 0.4) is 0 Å². The molecule has 2 atom stereocenters. The number of phenols is 1. The molecule has 0 aliphatic carbocycles. The van der Waals surface area contributed by atoms with E-state index < -0.39 is 35.7 Å². The standard InChI is InChI=1S/C17H25N3O6/c1-17(2,3)26-16(25)20-12(8-10-4-6-11(21)7-5-10)14(22)19-13(9-18)15(23)24/h4-7,12-13,21H,8-9,18H2,1-3H3,(H,19,22)(H,20,25)(H,23,24)/t12-,13+/m0/s1. The minimum atomic E-state index is -1.28. The van der Waals surface area contributed by atoms with Crippen molar-refractivity contribution in [2.24, 2.45) is 5.73 Å². The number of aliphatic carboxylic acids is 1. The normalized spacial score (nSPS) is 13.4. The Balaban J connectivity index is 2.92. The molecule has 1 aromatic rings. The Labute approximate surface area is 151 Å². The molecule has 0 aromatic heterocycles. The Morgan fingerprint density at radius 1 is 1.12 bits per heavy atom. The summed E-state index contributed by atoms with van der Waals surface area (Å²) in [7, 11) is 0. The van der Waals surface area contributed by atoms with E-state index in [0.717, 1.165) is 0 Å². The number of rotatable bonds is 7. The van der Waals surface area contributed by atoms with Crippen LogP contribution in [0.1, 0.15) is 26.3 Å². The summed E-state index contributed by atoms with van der Waals surface area (Å²) >= 11 is 0. The van der Waals surface area contributed by atoms with E-state index in [2.05, 4.69) is 10.6 Å². The Morgan fingerprint density at radius 2 is 1.69 bits per heavy atom. The fourth-order valence-electron chi connectivity index (χ4n) is 2.02. The second kappa shape index (κ2) is 9.04. The highest BCUT2D eigenvalue weighted by Crippen LogP contribution is 2.12. The SMILES string of the molecule is CC(C)(C)OC(=O)N[C@@H](Cc1ccc(O)cc1)C(=O)N[C@H](CN)C(=O)O. The third kappa shape index (κ3) is 7.39. The lowest BCUT2D eigenvalue weighted by Gasteiger charge is -2.24. The van der Waals surface area contributed by atoms with Crippen molar-refractivity contribution in [3.63, 3.8) is 0 Å². The minimum absolute atomic E-state index is 0.0592. The van der Waals surface area contributed by atoms with E-state index in [1.807, 2.05) is 0 Å². The smallest absolute Gasteiger partial charge is 0.408 e. The van der Waals surface area contributed by atoms with E-state index in [1.165, 1.54) is 12.1 Å². The fraction of sp³-hybridized carbons (Fsp3) is 0.471. The molecule has 0 heterocycles. The third-order valence-corrected chi connectivity index (χ3v) is 3.23. The van der Waals surface area contributed by atoms with E-state index in [4.69, 9.17) is 15.6 Å². The highest BCUT2D eigenvalue weighted by Gasteiger charge is 2.27. The number of aromatic hydroxyl groups is 1. The monoisotopic (exact) mass is 367 g/mol. The Bertz CT molecular complexity index is 639. The molecule has 0 aliphatic heterocycles. The first-order chi connectivity index (χ1) is 12.0. The molecule has 0 bridgehead atoms. The van der Waals surface area contributed by atoms with Crippen molar-refractivity contribution in [2.45, 2.75) is 44.9 Å². The average molecular weight is 367 g/mol. The van der Waals surface area contributed by atoms with Crippen molar-refractivity contribution in [1.29, 1.82) is 0 Å². The maximum atomic E-state index is 12.4. The summed E-state index contributed by atoms with van der Waals surface area (Å²) in [5.74, 6) is -1.92. The van der Waals surface area contributed by atoms with Crippen molar-refractivity contribution >= 4 is 18.0 Å². The zero-order valence-corrected chi connectivity index (χ0v) is 15.0. The van der Waals surface area contributed by atoms with Gasteiger partial charge in [-0.2, -0.15) is 0 Å². The number of carbonyl (C=O) groups excluding carboxylic acids is 2. The van der Waals surface area contributed by atoms with Gasteiger partial charge in [-0.05, 0) is 38.5 Å². The Hall–Kier alpha value is -2.81. The number of benzene rings is 1. The van der Waals surface area contributed by atoms with E-state index in [9.17, 15) is 19.5 Å². The van der Waals surface area contributed by atoms with Gasteiger partial charge >= 0.3 is 12.1 Å². The van der Waals surface area contributed by atoms with Crippen LogP contribution in [0.4, 0.5) is 4.79 Å². The summed E-state index contributed by atoms with van der Waals surface area (Å²) in [6, 6.07) is 3.71. The maximum Gasteiger partial charge on any atom is 0.408 e. The van der Waals surface area contributed by atoms with E-state index in [1.54, 1.807) is 32.9 Å². The second-order valence-electron chi connectivity index (χ2n) is 6.70. The topological polar surface area (TPSA) is 151 Å². The molecule has 0 aliphatic rings. The van der Waals surface area contributed by atoms with Crippen molar-refractivity contribution in [1.82, 2.24) is 10.6 Å². The first kappa shape index (κ1) is 21.2. The fourth-order valence-corrected chi connectivity index (χ4v) is 2.02. The number of carboxylic acid groups (broad SMARTS) is 1. The number of nitrogens with one attached hydrogen (secondary N) is 2. The predicted octanol–water partition coefficient (Wildman–Crippen LogP) is 0.356. The zero-order chi connectivity index (χ0) is 19.9. The van der Waals surface area contributed by atoms with Crippen molar-refractivity contribution in [2.75, 3.05) is 6.54 Å². The number of nitrogens with two attached hydrogens (primary N) is 1. The highest BCUT2D eigenvalue weighted by molar-refractivity contribution is 5.89. The first-order valence-corrected chi connectivity index (χ1v) is 8.02. The number of hydrogen-bond donors (Lipinski definition) is 5. The number of amides is 2. The number of carbonyl (C=O) groups is 3. The van der Waals surface area contributed by atoms with Gasteiger partial charge in [0.15, 0.2) is 0 Å². The largest absolute Gasteiger partial charge is 0.508 e. The molecule has 0 saturated heterocycles. The van der Waals surface area contributed by atoms with Crippen LogP contribution in [0.5, 0.6) is 5.75 Å². The minimum Gasteiger partial charge on any atom is -0.508 e. The molecule has 0 spiro atoms. The van der Waals surface area contributed by atoms with Crippen LogP contribution in [0.25, 0.3) is 0 Å². The average Bonchev–Trinajstić information content (AvgIpc) is 2.51. The summed E-state index contributed by atoms with van der Waals surface area (Å²) in [6.07, 6.45) is -0.738. The number of phenolic OH excluding ortho intramolecular Hbond substituents is 1. The van der Waals surface area contributed by atoms with Crippen LogP contribution in [-0.2, 0) is 20.7 Å². The van der Waals surface area contributed by atoms with Gasteiger partial charge in [-0.15, -0.1) is 0 Å². The highest BCUT2D eigenvalue weighted by atomic mass is 16.6. The van der Waals surface area contributed by atoms with Gasteiger partial charge in [0, 0.05) is 13.0 Å². The van der Waals surface area contributed by atoms with Crippen molar-refractivity contribution in [3.05, 3.63) is 29.8 Å². The molecule has 26 heavy (non-hydrogen) atoms. The molecule has 6 N–H and O–H groups in total. The second-order valence-corrected chi connectivity index (χ2v) is 6.70. The lowest BCUT2D eigenvalue weighted by molar-refractivity contribution is -0.141. The molecule has 9 heteroatoms. The van der Waals surface area contributed by atoms with Crippen LogP contribution < -0.4 is 16.4 Å². The van der Waals surface area contributed by atoms with Gasteiger partial charge in [0.2, 0.25) is 5.91 Å². The molecular weight excluding hydrogens is 342 g/mol. The van der Waals surface area contributed by atoms with Gasteiger partial charge < -0.3 is 31.3 Å². The van der Waals surface area contributed by atoms with Crippen molar-refractivity contribution < 1.29 is 29.3 Å². The van der Waals surface area contributed by atoms with E-state index >= 15 is 0 Å². The maximum absolute atomic E-state index is 12.4. The van der Waals surface area contributed by atoms with Gasteiger partial charge in [-0.3, -0.25) is 4.79 Å². The molecular formula is C17H25N3O6. The van der Waals surface area contributed by atoms with Gasteiger partial charge in [0.25, 0.3) is 0 Å². The molecule has 0 saturated carbocycles. The summed E-state index contributed by atoms with van der Waals surface area (Å²) < 4.78 is 5.14. The molecule has 0 fully saturated rings. The van der Waals surface area contributed by atoms with Crippen molar-refractivity contribution in [3.8, 4) is 5.75 Å². The summed E-state index contributed by atoms with van der Waals surface area (Å²) in [5.41, 5.74) is 5.23. The Kier molecular flexibility index (Phi) is 7.39. The van der Waals surface area contributed by atoms with Crippen LogP contribution in [0.15, 0.2) is 24.3 Å². The van der Waals surface area contributed by atoms with E-state index in [0.29, 0.717) is 5.56 Å². The molecule has 1 rings (SSSR count). The molecule has 144 valence electrons. The van der Waals surface area contributed by atoms with Gasteiger partial charge in [0.05, 0.1) is 0 Å². The van der Waals surface area contributed by atoms with Crippen LogP contribution in [0, 0.1) is 0 Å². The first-order valence-electron chi connectivity index (χ1n) is 8.02. The molecule has 9 nitrogen and oxygen atoms in total. The molecule has 2 amide bonds. The lowest BCUT2D eigenvalue weighted by Crippen LogP contribution is -2.54. The van der Waals surface area contributed by atoms with Gasteiger partial charge in [0.1, 0.15) is 23.4 Å². The number of carboxylic acids is 1. The zero-order valence-electron chi connectivity index (χ0n) is 15.0. The third-order valence-electron chi connectivity index (χ3n) is 3.23. The molecule has 0 radical (unpaired) electrons.